The Morgan fingerprint density at radius 3 is 2.56 bits per heavy atom. The van der Waals surface area contributed by atoms with Gasteiger partial charge in [0.05, 0.1) is 33.0 Å². The number of ether oxygens (including phenoxy) is 1. The van der Waals surface area contributed by atoms with E-state index < -0.39 is 24.2 Å². The topological polar surface area (TPSA) is 169 Å². The minimum absolute atomic E-state index is 0.00470. The van der Waals surface area contributed by atoms with Crippen molar-refractivity contribution in [3.05, 3.63) is 77.6 Å². The lowest BCUT2D eigenvalue weighted by Crippen LogP contribution is -2.53. The molecule has 2 heterocycles. The highest BCUT2D eigenvalue weighted by Crippen LogP contribution is 2.39. The van der Waals surface area contributed by atoms with E-state index in [9.17, 15) is 24.9 Å². The molecule has 300 valence electrons. The lowest BCUT2D eigenvalue weighted by Gasteiger charge is -2.36. The molecule has 2 aromatic carbocycles. The molecule has 55 heavy (non-hydrogen) atoms. The van der Waals surface area contributed by atoms with Crippen molar-refractivity contribution < 1.29 is 34.5 Å². The predicted octanol–water partition coefficient (Wildman–Crippen LogP) is 3.48. The standard InChI is InChI=1S/C42H60N6O7/c1-26-11-9-15-36(27(26)2)46-42(53)39-38(28(3)51)37(25-50)55-48(39)23-29-12-10-14-35(40(29)54-6)30-19-31(21-33(20-30)44-17-18-49)41(52)45-34(24-47(4)5)22-32-13-7-8-16-43-32/h7-8,10,12-14,16,19-21,26-28,34,36-39,44,49-51H,9,11,15,17-18,22-25H2,1-6H3,(H,45,52)(H,46,53)/t26-,27+,28+,34+,36+,37+,38-,39+/m1/s1. The van der Waals surface area contributed by atoms with Crippen LogP contribution in [0.2, 0.25) is 0 Å². The molecule has 0 bridgehead atoms. The predicted molar refractivity (Wildman–Crippen MR) is 212 cm³/mol. The SMILES string of the molecule is COc1c(CN2O[C@@H](CO)[C@@H]([C@H](C)O)[C@H]2C(=O)N[C@H]2CCC[C@@H](C)[C@@H]2C)cccc1-c1cc(NCCO)cc(C(=O)N[C@@H](Cc2ccccn2)CN(C)C)c1. The van der Waals surface area contributed by atoms with Gasteiger partial charge in [-0.2, -0.15) is 5.06 Å². The summed E-state index contributed by atoms with van der Waals surface area (Å²) in [6.07, 6.45) is 3.64. The smallest absolute Gasteiger partial charge is 0.251 e. The molecule has 1 aliphatic carbocycles. The van der Waals surface area contributed by atoms with Crippen LogP contribution in [0.4, 0.5) is 5.69 Å². The Bertz CT molecular complexity index is 1710. The van der Waals surface area contributed by atoms with Gasteiger partial charge in [0.1, 0.15) is 17.9 Å². The lowest BCUT2D eigenvalue weighted by molar-refractivity contribution is -0.182. The summed E-state index contributed by atoms with van der Waals surface area (Å²) in [6, 6.07) is 15.8. The third-order valence-corrected chi connectivity index (χ3v) is 11.1. The van der Waals surface area contributed by atoms with E-state index in [1.165, 1.54) is 0 Å². The van der Waals surface area contributed by atoms with Crippen LogP contribution >= 0.6 is 0 Å². The molecule has 2 fully saturated rings. The van der Waals surface area contributed by atoms with E-state index in [2.05, 4.69) is 34.8 Å². The number of hydrogen-bond donors (Lipinski definition) is 6. The number of aliphatic hydroxyl groups excluding tert-OH is 3. The fraction of sp³-hybridized carbons (Fsp3) is 0.548. The van der Waals surface area contributed by atoms with Crippen molar-refractivity contribution in [2.24, 2.45) is 17.8 Å². The lowest BCUT2D eigenvalue weighted by atomic mass is 9.77. The maximum atomic E-state index is 14.1. The van der Waals surface area contributed by atoms with E-state index in [0.29, 0.717) is 58.5 Å². The first-order valence-electron chi connectivity index (χ1n) is 19.5. The van der Waals surface area contributed by atoms with Gasteiger partial charge >= 0.3 is 0 Å². The summed E-state index contributed by atoms with van der Waals surface area (Å²) >= 11 is 0. The number of nitrogens with zero attached hydrogens (tertiary/aromatic N) is 3. The molecule has 3 aromatic rings. The van der Waals surface area contributed by atoms with Crippen LogP contribution in [0.15, 0.2) is 60.8 Å². The number of hydroxylamine groups is 2. The van der Waals surface area contributed by atoms with Gasteiger partial charge < -0.3 is 40.9 Å². The number of rotatable bonds is 17. The van der Waals surface area contributed by atoms with Crippen LogP contribution in [0.3, 0.4) is 0 Å². The summed E-state index contributed by atoms with van der Waals surface area (Å²) in [7, 11) is 5.49. The number of benzene rings is 2. The monoisotopic (exact) mass is 760 g/mol. The second kappa shape index (κ2) is 19.7. The van der Waals surface area contributed by atoms with E-state index in [0.717, 1.165) is 25.0 Å². The molecule has 0 radical (unpaired) electrons. The molecule has 13 nitrogen and oxygen atoms in total. The molecule has 8 atom stereocenters. The minimum atomic E-state index is -0.922. The van der Waals surface area contributed by atoms with Gasteiger partial charge in [0.15, 0.2) is 0 Å². The maximum Gasteiger partial charge on any atom is 0.251 e. The summed E-state index contributed by atoms with van der Waals surface area (Å²) in [5, 5.41) is 42.1. The number of carbonyl (C=O) groups excluding carboxylic acids is 2. The molecule has 0 unspecified atom stereocenters. The Balaban J connectivity index is 1.46. The number of pyridine rings is 1. The maximum absolute atomic E-state index is 14.1. The van der Waals surface area contributed by atoms with Crippen LogP contribution in [0.5, 0.6) is 5.75 Å². The Morgan fingerprint density at radius 1 is 1.09 bits per heavy atom. The number of aliphatic hydroxyl groups is 3. The Hall–Kier alpha value is -4.11. The number of carbonyl (C=O) groups is 2. The Morgan fingerprint density at radius 2 is 1.89 bits per heavy atom. The number of para-hydroxylation sites is 1. The summed E-state index contributed by atoms with van der Waals surface area (Å²) in [6.45, 7) is 6.58. The van der Waals surface area contributed by atoms with Gasteiger partial charge in [0.25, 0.3) is 5.91 Å². The number of methoxy groups -OCH3 is 1. The van der Waals surface area contributed by atoms with Crippen LogP contribution < -0.4 is 20.7 Å². The van der Waals surface area contributed by atoms with Crippen molar-refractivity contribution in [3.8, 4) is 16.9 Å². The molecule has 1 saturated heterocycles. The first-order valence-corrected chi connectivity index (χ1v) is 19.5. The average molecular weight is 761 g/mol. The number of anilines is 1. The van der Waals surface area contributed by atoms with Crippen molar-refractivity contribution in [1.29, 1.82) is 0 Å². The zero-order valence-electron chi connectivity index (χ0n) is 33.1. The normalized spacial score (nSPS) is 24.0. The largest absolute Gasteiger partial charge is 0.496 e. The summed E-state index contributed by atoms with van der Waals surface area (Å²) in [4.78, 5) is 40.8. The van der Waals surface area contributed by atoms with Gasteiger partial charge in [0, 0.05) is 71.8 Å². The van der Waals surface area contributed by atoms with Gasteiger partial charge in [0.2, 0.25) is 5.91 Å². The molecule has 2 aliphatic rings. The third-order valence-electron chi connectivity index (χ3n) is 11.1. The zero-order valence-corrected chi connectivity index (χ0v) is 33.1. The van der Waals surface area contributed by atoms with Crippen LogP contribution in [0.1, 0.15) is 61.6 Å². The van der Waals surface area contributed by atoms with Crippen molar-refractivity contribution in [3.63, 3.8) is 0 Å². The van der Waals surface area contributed by atoms with Crippen molar-refractivity contribution >= 4 is 17.5 Å². The zero-order chi connectivity index (χ0) is 39.6. The van der Waals surface area contributed by atoms with Gasteiger partial charge in [-0.25, -0.2) is 0 Å². The van der Waals surface area contributed by atoms with Crippen molar-refractivity contribution in [1.82, 2.24) is 25.6 Å². The molecule has 1 saturated carbocycles. The highest BCUT2D eigenvalue weighted by Gasteiger charge is 2.50. The molecule has 5 rings (SSSR count). The first kappa shape index (κ1) is 42.0. The molecule has 1 aromatic heterocycles. The fourth-order valence-corrected chi connectivity index (χ4v) is 8.13. The molecule has 1 aliphatic heterocycles. The average Bonchev–Trinajstić information content (AvgIpc) is 3.54. The fourth-order valence-electron chi connectivity index (χ4n) is 8.13. The molecule has 13 heteroatoms. The van der Waals surface area contributed by atoms with Crippen molar-refractivity contribution in [2.75, 3.05) is 52.8 Å². The van der Waals surface area contributed by atoms with Crippen LogP contribution in [0, 0.1) is 17.8 Å². The molecular weight excluding hydrogens is 700 g/mol. The van der Waals surface area contributed by atoms with Gasteiger partial charge in [-0.05, 0) is 75.2 Å². The highest BCUT2D eigenvalue weighted by molar-refractivity contribution is 5.97. The van der Waals surface area contributed by atoms with Crippen molar-refractivity contribution in [2.45, 2.75) is 83.3 Å². The number of nitrogens with one attached hydrogen (secondary N) is 3. The van der Waals surface area contributed by atoms with Crippen LogP contribution in [-0.4, -0.2) is 120 Å². The number of hydrogen-bond acceptors (Lipinski definition) is 11. The van der Waals surface area contributed by atoms with E-state index >= 15 is 0 Å². The number of aromatic nitrogens is 1. The number of likely N-dealkylation sites (N-methyl/N-ethyl adjacent to an activating group) is 1. The van der Waals surface area contributed by atoms with Gasteiger partial charge in [-0.15, -0.1) is 0 Å². The van der Waals surface area contributed by atoms with Gasteiger partial charge in [-0.1, -0.05) is 51.0 Å². The van der Waals surface area contributed by atoms with Crippen LogP contribution in [-0.2, 0) is 22.6 Å². The third kappa shape index (κ3) is 10.6. The molecule has 6 N–H and O–H groups in total. The van der Waals surface area contributed by atoms with Gasteiger partial charge in [-0.3, -0.25) is 19.4 Å². The second-order valence-corrected chi connectivity index (χ2v) is 15.5. The molecule has 2 amide bonds. The minimum Gasteiger partial charge on any atom is -0.496 e. The Labute approximate surface area is 325 Å². The number of amides is 2. The second-order valence-electron chi connectivity index (χ2n) is 15.5. The van der Waals surface area contributed by atoms with E-state index in [1.54, 1.807) is 31.4 Å². The Kier molecular flexibility index (Phi) is 15.0. The summed E-state index contributed by atoms with van der Waals surface area (Å²) < 4.78 is 6.05. The van der Waals surface area contributed by atoms with E-state index in [-0.39, 0.29) is 50.2 Å². The highest BCUT2D eigenvalue weighted by atomic mass is 16.7. The first-order chi connectivity index (χ1) is 26.4. The van der Waals surface area contributed by atoms with E-state index in [1.807, 2.05) is 67.5 Å². The summed E-state index contributed by atoms with van der Waals surface area (Å²) in [5.74, 6) is 0.143. The quantitative estimate of drug-likeness (QED) is 0.119. The molecule has 0 spiro atoms. The molecular formula is C42H60N6O7. The van der Waals surface area contributed by atoms with E-state index in [4.69, 9.17) is 9.57 Å². The summed E-state index contributed by atoms with van der Waals surface area (Å²) in [5.41, 5.74) is 4.06. The van der Waals surface area contributed by atoms with Crippen LogP contribution in [0.25, 0.3) is 11.1 Å².